The molecule has 2 aromatic carbocycles. The van der Waals surface area contributed by atoms with Gasteiger partial charge in [-0.2, -0.15) is 0 Å². The van der Waals surface area contributed by atoms with Gasteiger partial charge in [-0.15, -0.1) is 0 Å². The van der Waals surface area contributed by atoms with Crippen molar-refractivity contribution in [3.05, 3.63) is 54.3 Å². The Morgan fingerprint density at radius 2 is 1.87 bits per heavy atom. The molecule has 0 spiro atoms. The van der Waals surface area contributed by atoms with Crippen LogP contribution in [-0.4, -0.2) is 18.6 Å². The summed E-state index contributed by atoms with van der Waals surface area (Å²) in [5.74, 6) is 0.544. The largest absolute Gasteiger partial charge is 0.494 e. The van der Waals surface area contributed by atoms with Crippen LogP contribution in [-0.2, 0) is 4.79 Å². The molecule has 0 saturated carbocycles. The minimum absolute atomic E-state index is 0.259. The first kappa shape index (κ1) is 16.8. The van der Waals surface area contributed by atoms with Crippen LogP contribution in [0.1, 0.15) is 20.3 Å². The molecule has 0 radical (unpaired) electrons. The molecule has 1 N–H and O–H groups in total. The zero-order valence-corrected chi connectivity index (χ0v) is 13.2. The summed E-state index contributed by atoms with van der Waals surface area (Å²) in [5, 5.41) is 2.81. The van der Waals surface area contributed by atoms with Crippen molar-refractivity contribution in [2.45, 2.75) is 26.4 Å². The maximum atomic E-state index is 12.9. The zero-order chi connectivity index (χ0) is 16.7. The van der Waals surface area contributed by atoms with Crippen LogP contribution >= 0.6 is 0 Å². The maximum absolute atomic E-state index is 12.9. The van der Waals surface area contributed by atoms with Crippen LogP contribution < -0.4 is 14.8 Å². The zero-order valence-electron chi connectivity index (χ0n) is 13.2. The Labute approximate surface area is 135 Å². The molecule has 0 unspecified atom stereocenters. The molecule has 0 heterocycles. The number of halogens is 1. The Morgan fingerprint density at radius 3 is 2.52 bits per heavy atom. The predicted molar refractivity (Wildman–Crippen MR) is 87.3 cm³/mol. The second kappa shape index (κ2) is 8.17. The maximum Gasteiger partial charge on any atom is 0.265 e. The molecule has 1 atom stereocenters. The average molecular weight is 317 g/mol. The van der Waals surface area contributed by atoms with E-state index in [9.17, 15) is 9.18 Å². The number of hydrogen-bond donors (Lipinski definition) is 1. The number of ether oxygens (including phenoxy) is 2. The third kappa shape index (κ3) is 4.98. The first-order chi connectivity index (χ1) is 11.1. The number of carbonyl (C=O) groups is 1. The van der Waals surface area contributed by atoms with Crippen molar-refractivity contribution >= 4 is 11.6 Å². The molecular weight excluding hydrogens is 297 g/mol. The van der Waals surface area contributed by atoms with Crippen molar-refractivity contribution in [3.8, 4) is 11.5 Å². The number of anilines is 1. The van der Waals surface area contributed by atoms with Gasteiger partial charge in [0.25, 0.3) is 5.91 Å². The van der Waals surface area contributed by atoms with Crippen LogP contribution in [0.15, 0.2) is 48.5 Å². The van der Waals surface area contributed by atoms with Gasteiger partial charge in [0.2, 0.25) is 0 Å². The summed E-state index contributed by atoms with van der Waals surface area (Å²) in [6, 6.07) is 12.8. The van der Waals surface area contributed by atoms with Crippen LogP contribution in [0.5, 0.6) is 11.5 Å². The van der Waals surface area contributed by atoms with E-state index in [4.69, 9.17) is 9.47 Å². The minimum atomic E-state index is -0.656. The fourth-order valence-corrected chi connectivity index (χ4v) is 2.05. The average Bonchev–Trinajstić information content (AvgIpc) is 2.55. The van der Waals surface area contributed by atoms with Crippen molar-refractivity contribution in [2.75, 3.05) is 11.9 Å². The summed E-state index contributed by atoms with van der Waals surface area (Å²) in [6.07, 6.45) is -0.162. The molecule has 5 heteroatoms. The highest BCUT2D eigenvalue weighted by Crippen LogP contribution is 2.19. The third-order valence-corrected chi connectivity index (χ3v) is 3.17. The fraction of sp³-hybridized carbons (Fsp3) is 0.278. The van der Waals surface area contributed by atoms with Crippen LogP contribution in [0.4, 0.5) is 10.1 Å². The van der Waals surface area contributed by atoms with Gasteiger partial charge in [0.15, 0.2) is 6.10 Å². The molecule has 0 bridgehead atoms. The Morgan fingerprint density at radius 1 is 1.13 bits per heavy atom. The molecule has 0 aliphatic heterocycles. The monoisotopic (exact) mass is 317 g/mol. The number of nitrogens with one attached hydrogen (secondary N) is 1. The standard InChI is InChI=1S/C18H20FNO3/c1-3-17(23-15-10-8-13(19)9-11-15)18(21)20-14-6-5-7-16(12-14)22-4-2/h5-12,17H,3-4H2,1-2H3,(H,20,21)/t17-/m0/s1. The van der Waals surface area contributed by atoms with E-state index in [1.165, 1.54) is 24.3 Å². The van der Waals surface area contributed by atoms with Gasteiger partial charge in [0.1, 0.15) is 17.3 Å². The lowest BCUT2D eigenvalue weighted by atomic mass is 10.2. The molecule has 1 amide bonds. The smallest absolute Gasteiger partial charge is 0.265 e. The van der Waals surface area contributed by atoms with Gasteiger partial charge in [-0.1, -0.05) is 13.0 Å². The molecule has 2 rings (SSSR count). The van der Waals surface area contributed by atoms with Crippen LogP contribution in [0.25, 0.3) is 0 Å². The fourth-order valence-electron chi connectivity index (χ4n) is 2.05. The van der Waals surface area contributed by atoms with Gasteiger partial charge in [-0.3, -0.25) is 4.79 Å². The highest BCUT2D eigenvalue weighted by molar-refractivity contribution is 5.94. The van der Waals surface area contributed by atoms with Gasteiger partial charge in [0.05, 0.1) is 6.61 Å². The van der Waals surface area contributed by atoms with Crippen molar-refractivity contribution in [3.63, 3.8) is 0 Å². The van der Waals surface area contributed by atoms with E-state index in [1.807, 2.05) is 26.0 Å². The first-order valence-corrected chi connectivity index (χ1v) is 7.58. The number of amides is 1. The molecule has 0 fully saturated rings. The van der Waals surface area contributed by atoms with Crippen molar-refractivity contribution in [1.29, 1.82) is 0 Å². The molecule has 0 aliphatic carbocycles. The topological polar surface area (TPSA) is 47.6 Å². The molecule has 23 heavy (non-hydrogen) atoms. The predicted octanol–water partition coefficient (Wildman–Crippen LogP) is 4.02. The number of benzene rings is 2. The lowest BCUT2D eigenvalue weighted by molar-refractivity contribution is -0.122. The minimum Gasteiger partial charge on any atom is -0.494 e. The summed E-state index contributed by atoms with van der Waals surface area (Å²) < 4.78 is 23.9. The highest BCUT2D eigenvalue weighted by atomic mass is 19.1. The van der Waals surface area contributed by atoms with E-state index in [2.05, 4.69) is 5.32 Å². The Hall–Kier alpha value is -2.56. The highest BCUT2D eigenvalue weighted by Gasteiger charge is 2.18. The molecule has 4 nitrogen and oxygen atoms in total. The summed E-state index contributed by atoms with van der Waals surface area (Å²) in [5.41, 5.74) is 0.641. The molecule has 0 aromatic heterocycles. The number of carbonyl (C=O) groups excluding carboxylic acids is 1. The lowest BCUT2D eigenvalue weighted by Crippen LogP contribution is -2.32. The van der Waals surface area contributed by atoms with Crippen LogP contribution in [0.3, 0.4) is 0 Å². The van der Waals surface area contributed by atoms with Crippen molar-refractivity contribution < 1.29 is 18.7 Å². The van der Waals surface area contributed by atoms with E-state index in [0.29, 0.717) is 30.2 Å². The first-order valence-electron chi connectivity index (χ1n) is 7.58. The molecule has 0 saturated heterocycles. The molecule has 122 valence electrons. The Bertz CT molecular complexity index is 643. The van der Waals surface area contributed by atoms with Crippen LogP contribution in [0.2, 0.25) is 0 Å². The Balaban J connectivity index is 2.02. The second-order valence-corrected chi connectivity index (χ2v) is 4.92. The van der Waals surface area contributed by atoms with Gasteiger partial charge in [0, 0.05) is 11.8 Å². The number of rotatable bonds is 7. The van der Waals surface area contributed by atoms with Crippen molar-refractivity contribution in [1.82, 2.24) is 0 Å². The summed E-state index contributed by atoms with van der Waals surface area (Å²) in [6.45, 7) is 4.31. The van der Waals surface area contributed by atoms with E-state index in [1.54, 1.807) is 12.1 Å². The quantitative estimate of drug-likeness (QED) is 0.839. The van der Waals surface area contributed by atoms with Crippen LogP contribution in [0, 0.1) is 5.82 Å². The summed E-state index contributed by atoms with van der Waals surface area (Å²) in [4.78, 5) is 12.3. The van der Waals surface area contributed by atoms with Gasteiger partial charge in [-0.05, 0) is 49.7 Å². The normalized spacial score (nSPS) is 11.6. The van der Waals surface area contributed by atoms with E-state index >= 15 is 0 Å². The van der Waals surface area contributed by atoms with Gasteiger partial charge < -0.3 is 14.8 Å². The molecular formula is C18H20FNO3. The SMILES string of the molecule is CCOc1cccc(NC(=O)[C@H](CC)Oc2ccc(F)cc2)c1. The number of hydrogen-bond acceptors (Lipinski definition) is 3. The van der Waals surface area contributed by atoms with E-state index in [-0.39, 0.29) is 11.7 Å². The van der Waals surface area contributed by atoms with Crippen molar-refractivity contribution in [2.24, 2.45) is 0 Å². The Kier molecular flexibility index (Phi) is 5.97. The molecule has 0 aliphatic rings. The summed E-state index contributed by atoms with van der Waals surface area (Å²) in [7, 11) is 0. The third-order valence-electron chi connectivity index (χ3n) is 3.17. The molecule has 2 aromatic rings. The summed E-state index contributed by atoms with van der Waals surface area (Å²) >= 11 is 0. The lowest BCUT2D eigenvalue weighted by Gasteiger charge is -2.17. The van der Waals surface area contributed by atoms with E-state index in [0.717, 1.165) is 0 Å². The van der Waals surface area contributed by atoms with E-state index < -0.39 is 6.10 Å². The second-order valence-electron chi connectivity index (χ2n) is 4.92. The van der Waals surface area contributed by atoms with Gasteiger partial charge >= 0.3 is 0 Å². The van der Waals surface area contributed by atoms with Gasteiger partial charge in [-0.25, -0.2) is 4.39 Å².